The van der Waals surface area contributed by atoms with Crippen LogP contribution in [0.4, 0.5) is 5.00 Å². The summed E-state index contributed by atoms with van der Waals surface area (Å²) in [4.78, 5) is 25.4. The van der Waals surface area contributed by atoms with Gasteiger partial charge in [-0.15, -0.1) is 11.3 Å². The molecule has 1 rings (SSSR count). The number of nitrogens with zero attached hydrogens (tertiary/aromatic N) is 1. The van der Waals surface area contributed by atoms with Crippen LogP contribution < -0.4 is 4.90 Å². The highest BCUT2D eigenvalue weighted by atomic mass is 32.1. The van der Waals surface area contributed by atoms with E-state index in [1.165, 1.54) is 23.2 Å². The monoisotopic (exact) mass is 283 g/mol. The Morgan fingerprint density at radius 1 is 1.42 bits per heavy atom. The highest BCUT2D eigenvalue weighted by molar-refractivity contribution is 7.14. The third kappa shape index (κ3) is 4.35. The Balaban J connectivity index is 2.80. The summed E-state index contributed by atoms with van der Waals surface area (Å²) in [6.07, 6.45) is 2.37. The van der Waals surface area contributed by atoms with Crippen LogP contribution in [0, 0.1) is 0 Å². The molecule has 0 N–H and O–H groups in total. The first kappa shape index (κ1) is 15.7. The van der Waals surface area contributed by atoms with Gasteiger partial charge in [0.1, 0.15) is 6.04 Å². The normalized spacial score (nSPS) is 11.9. The van der Waals surface area contributed by atoms with Crippen LogP contribution >= 0.6 is 11.3 Å². The average Bonchev–Trinajstić information content (AvgIpc) is 2.88. The molecule has 0 aromatic carbocycles. The van der Waals surface area contributed by atoms with E-state index < -0.39 is 6.04 Å². The number of carbonyl (C=O) groups excluding carboxylic acids is 2. The molecule has 0 radical (unpaired) electrons. The van der Waals surface area contributed by atoms with Crippen LogP contribution in [0.15, 0.2) is 17.5 Å². The van der Waals surface area contributed by atoms with Crippen LogP contribution in [-0.2, 0) is 14.3 Å². The zero-order valence-electron chi connectivity index (χ0n) is 11.7. The smallest absolute Gasteiger partial charge is 0.329 e. The fourth-order valence-electron chi connectivity index (χ4n) is 1.80. The van der Waals surface area contributed by atoms with Gasteiger partial charge in [0.15, 0.2) is 0 Å². The molecule has 0 fully saturated rings. The molecular formula is C14H21NO3S. The first-order valence-electron chi connectivity index (χ1n) is 6.61. The highest BCUT2D eigenvalue weighted by Gasteiger charge is 2.29. The largest absolute Gasteiger partial charge is 0.464 e. The van der Waals surface area contributed by atoms with E-state index in [2.05, 4.69) is 0 Å². The molecule has 1 aromatic rings. The number of unbranched alkanes of at least 4 members (excludes halogenated alkanes) is 1. The second kappa shape index (κ2) is 7.94. The number of rotatable bonds is 7. The summed E-state index contributed by atoms with van der Waals surface area (Å²) in [6.45, 7) is 5.82. The summed E-state index contributed by atoms with van der Waals surface area (Å²) in [5.41, 5.74) is 0. The standard InChI is InChI=1S/C14H21NO3S/c1-4-6-9-18-14(17)12(5-2)15(11(3)16)13-8-7-10-19-13/h7-8,10,12H,4-6,9H2,1-3H3. The van der Waals surface area contributed by atoms with E-state index in [-0.39, 0.29) is 11.9 Å². The van der Waals surface area contributed by atoms with Crippen LogP contribution in [0.1, 0.15) is 40.0 Å². The van der Waals surface area contributed by atoms with Crippen molar-refractivity contribution in [1.29, 1.82) is 0 Å². The molecule has 1 aromatic heterocycles. The van der Waals surface area contributed by atoms with E-state index in [0.29, 0.717) is 13.0 Å². The number of carbonyl (C=O) groups is 2. The first-order valence-corrected chi connectivity index (χ1v) is 7.49. The van der Waals surface area contributed by atoms with Crippen LogP contribution in [0.2, 0.25) is 0 Å². The molecule has 0 bridgehead atoms. The fraction of sp³-hybridized carbons (Fsp3) is 0.571. The molecular weight excluding hydrogens is 262 g/mol. The molecule has 1 atom stereocenters. The number of amides is 1. The lowest BCUT2D eigenvalue weighted by Crippen LogP contribution is -2.44. The van der Waals surface area contributed by atoms with Crippen LogP contribution in [0.3, 0.4) is 0 Å². The minimum Gasteiger partial charge on any atom is -0.464 e. The van der Waals surface area contributed by atoms with Crippen molar-refractivity contribution in [3.63, 3.8) is 0 Å². The Bertz CT molecular complexity index is 403. The zero-order valence-corrected chi connectivity index (χ0v) is 12.5. The van der Waals surface area contributed by atoms with E-state index >= 15 is 0 Å². The maximum Gasteiger partial charge on any atom is 0.329 e. The minimum atomic E-state index is -0.534. The van der Waals surface area contributed by atoms with Crippen molar-refractivity contribution in [2.75, 3.05) is 11.5 Å². The summed E-state index contributed by atoms with van der Waals surface area (Å²) in [7, 11) is 0. The fourth-order valence-corrected chi connectivity index (χ4v) is 2.63. The molecule has 0 spiro atoms. The lowest BCUT2D eigenvalue weighted by atomic mass is 10.2. The third-order valence-corrected chi connectivity index (χ3v) is 3.66. The Labute approximate surface area is 118 Å². The van der Waals surface area contributed by atoms with Crippen LogP contribution in [-0.4, -0.2) is 24.5 Å². The number of esters is 1. The van der Waals surface area contributed by atoms with Crippen molar-refractivity contribution < 1.29 is 14.3 Å². The van der Waals surface area contributed by atoms with Crippen molar-refractivity contribution >= 4 is 28.2 Å². The van der Waals surface area contributed by atoms with E-state index in [4.69, 9.17) is 4.74 Å². The predicted molar refractivity (Wildman–Crippen MR) is 77.4 cm³/mol. The van der Waals surface area contributed by atoms with Gasteiger partial charge in [-0.1, -0.05) is 20.3 Å². The van der Waals surface area contributed by atoms with Gasteiger partial charge in [0, 0.05) is 6.92 Å². The van der Waals surface area contributed by atoms with Gasteiger partial charge in [-0.25, -0.2) is 4.79 Å². The molecule has 0 saturated heterocycles. The summed E-state index contributed by atoms with van der Waals surface area (Å²) >= 11 is 1.45. The lowest BCUT2D eigenvalue weighted by molar-refractivity contribution is -0.146. The summed E-state index contributed by atoms with van der Waals surface area (Å²) in [5, 5.41) is 2.67. The SMILES string of the molecule is CCCCOC(=O)C(CC)N(C(C)=O)c1cccs1. The van der Waals surface area contributed by atoms with Gasteiger partial charge in [0.2, 0.25) is 5.91 Å². The highest BCUT2D eigenvalue weighted by Crippen LogP contribution is 2.25. The zero-order chi connectivity index (χ0) is 14.3. The quantitative estimate of drug-likeness (QED) is 0.570. The molecule has 1 heterocycles. The molecule has 4 nitrogen and oxygen atoms in total. The Hall–Kier alpha value is -1.36. The Morgan fingerprint density at radius 2 is 2.16 bits per heavy atom. The van der Waals surface area contributed by atoms with Gasteiger partial charge in [-0.2, -0.15) is 0 Å². The third-order valence-electron chi connectivity index (χ3n) is 2.80. The van der Waals surface area contributed by atoms with Crippen molar-refractivity contribution in [3.05, 3.63) is 17.5 Å². The van der Waals surface area contributed by atoms with Gasteiger partial charge in [0.25, 0.3) is 0 Å². The van der Waals surface area contributed by atoms with Gasteiger partial charge in [-0.05, 0) is 30.4 Å². The first-order chi connectivity index (χ1) is 9.11. The predicted octanol–water partition coefficient (Wildman–Crippen LogP) is 3.22. The average molecular weight is 283 g/mol. The number of thiophene rings is 1. The number of ether oxygens (including phenoxy) is 1. The van der Waals surface area contributed by atoms with Gasteiger partial charge in [-0.3, -0.25) is 9.69 Å². The van der Waals surface area contributed by atoms with E-state index in [1.807, 2.05) is 31.4 Å². The van der Waals surface area contributed by atoms with Crippen molar-refractivity contribution in [1.82, 2.24) is 0 Å². The summed E-state index contributed by atoms with van der Waals surface area (Å²) in [5.74, 6) is -0.457. The summed E-state index contributed by atoms with van der Waals surface area (Å²) in [6, 6.07) is 3.17. The topological polar surface area (TPSA) is 46.6 Å². The lowest BCUT2D eigenvalue weighted by Gasteiger charge is -2.27. The molecule has 0 aliphatic rings. The van der Waals surface area contributed by atoms with E-state index in [9.17, 15) is 9.59 Å². The van der Waals surface area contributed by atoms with Crippen LogP contribution in [0.25, 0.3) is 0 Å². The summed E-state index contributed by atoms with van der Waals surface area (Å²) < 4.78 is 5.24. The second-order valence-electron chi connectivity index (χ2n) is 4.29. The Kier molecular flexibility index (Phi) is 6.56. The molecule has 5 heteroatoms. The molecule has 106 valence electrons. The minimum absolute atomic E-state index is 0.137. The van der Waals surface area contributed by atoms with Gasteiger partial charge in [0.05, 0.1) is 11.6 Å². The maximum absolute atomic E-state index is 12.1. The van der Waals surface area contributed by atoms with E-state index in [0.717, 1.165) is 17.8 Å². The molecule has 0 aliphatic heterocycles. The molecule has 1 amide bonds. The number of anilines is 1. The number of hydrogen-bond acceptors (Lipinski definition) is 4. The van der Waals surface area contributed by atoms with Crippen LogP contribution in [0.5, 0.6) is 0 Å². The molecule has 19 heavy (non-hydrogen) atoms. The molecule has 0 aliphatic carbocycles. The maximum atomic E-state index is 12.1. The van der Waals surface area contributed by atoms with Crippen molar-refractivity contribution in [3.8, 4) is 0 Å². The second-order valence-corrected chi connectivity index (χ2v) is 5.21. The van der Waals surface area contributed by atoms with E-state index in [1.54, 1.807) is 0 Å². The van der Waals surface area contributed by atoms with Gasteiger partial charge < -0.3 is 4.74 Å². The molecule has 1 unspecified atom stereocenters. The van der Waals surface area contributed by atoms with Crippen molar-refractivity contribution in [2.45, 2.75) is 46.1 Å². The molecule has 0 saturated carbocycles. The van der Waals surface area contributed by atoms with Gasteiger partial charge >= 0.3 is 5.97 Å². The Morgan fingerprint density at radius 3 is 2.63 bits per heavy atom. The number of hydrogen-bond donors (Lipinski definition) is 0. The van der Waals surface area contributed by atoms with Crippen molar-refractivity contribution in [2.24, 2.45) is 0 Å².